The van der Waals surface area contributed by atoms with Gasteiger partial charge in [-0.25, -0.2) is 4.68 Å². The molecule has 2 amide bonds. The standard InChI is InChI=1S/C19H26N6O2.ClH/c1-12(2)18(26)21-14-5-4-13(3)16(10-14)22-19(27)17-11-25(24-23-17)15-6-8-20-9-7-15;/h4-5,10-12,15,20H,6-9H2,1-3H3,(H,21,26)(H,22,27);1H. The Kier molecular flexibility index (Phi) is 7.53. The Morgan fingerprint density at radius 2 is 1.93 bits per heavy atom. The van der Waals surface area contributed by atoms with Gasteiger partial charge in [-0.1, -0.05) is 25.1 Å². The van der Waals surface area contributed by atoms with Crippen LogP contribution in [0.4, 0.5) is 11.4 Å². The zero-order chi connectivity index (χ0) is 19.4. The van der Waals surface area contributed by atoms with Gasteiger partial charge < -0.3 is 16.0 Å². The number of aryl methyl sites for hydroxylation is 1. The summed E-state index contributed by atoms with van der Waals surface area (Å²) in [5.74, 6) is -0.499. The summed E-state index contributed by atoms with van der Waals surface area (Å²) in [6, 6.07) is 5.71. The number of piperidine rings is 1. The number of halogens is 1. The minimum absolute atomic E-state index is 0. The van der Waals surface area contributed by atoms with Gasteiger partial charge in [0.25, 0.3) is 5.91 Å². The van der Waals surface area contributed by atoms with Gasteiger partial charge in [-0.2, -0.15) is 0 Å². The van der Waals surface area contributed by atoms with Crippen molar-refractivity contribution in [1.82, 2.24) is 20.3 Å². The minimum atomic E-state index is -0.314. The Bertz CT molecular complexity index is 830. The highest BCUT2D eigenvalue weighted by atomic mass is 35.5. The molecule has 3 rings (SSSR count). The van der Waals surface area contributed by atoms with Crippen molar-refractivity contribution >= 4 is 35.6 Å². The molecular formula is C19H27ClN6O2. The number of amides is 2. The number of rotatable bonds is 5. The fourth-order valence-corrected chi connectivity index (χ4v) is 2.94. The topological polar surface area (TPSA) is 101 Å². The van der Waals surface area contributed by atoms with Gasteiger partial charge in [-0.3, -0.25) is 9.59 Å². The van der Waals surface area contributed by atoms with Crippen LogP contribution in [0.1, 0.15) is 48.8 Å². The number of nitrogens with zero attached hydrogens (tertiary/aromatic N) is 3. The van der Waals surface area contributed by atoms with Gasteiger partial charge in [-0.15, -0.1) is 17.5 Å². The van der Waals surface area contributed by atoms with E-state index in [1.54, 1.807) is 16.9 Å². The van der Waals surface area contributed by atoms with Gasteiger partial charge in [0, 0.05) is 17.3 Å². The lowest BCUT2D eigenvalue weighted by Crippen LogP contribution is -2.29. The summed E-state index contributed by atoms with van der Waals surface area (Å²) in [4.78, 5) is 24.5. The highest BCUT2D eigenvalue weighted by Crippen LogP contribution is 2.22. The van der Waals surface area contributed by atoms with Crippen LogP contribution >= 0.6 is 12.4 Å². The van der Waals surface area contributed by atoms with Crippen LogP contribution in [-0.2, 0) is 4.79 Å². The van der Waals surface area contributed by atoms with Gasteiger partial charge in [0.1, 0.15) is 0 Å². The molecule has 2 aromatic rings. The summed E-state index contributed by atoms with van der Waals surface area (Å²) in [7, 11) is 0. The Balaban J connectivity index is 0.00000280. The molecule has 152 valence electrons. The Morgan fingerprint density at radius 1 is 1.21 bits per heavy atom. The number of carbonyl (C=O) groups is 2. The van der Waals surface area contributed by atoms with E-state index in [-0.39, 0.29) is 41.9 Å². The lowest BCUT2D eigenvalue weighted by Gasteiger charge is -2.22. The van der Waals surface area contributed by atoms with E-state index in [0.29, 0.717) is 11.4 Å². The zero-order valence-electron chi connectivity index (χ0n) is 16.4. The summed E-state index contributed by atoms with van der Waals surface area (Å²) in [6.45, 7) is 7.45. The summed E-state index contributed by atoms with van der Waals surface area (Å²) < 4.78 is 1.78. The molecule has 0 unspecified atom stereocenters. The molecule has 0 bridgehead atoms. The van der Waals surface area contributed by atoms with Crippen LogP contribution in [0.25, 0.3) is 0 Å². The second-order valence-electron chi connectivity index (χ2n) is 7.19. The number of benzene rings is 1. The summed E-state index contributed by atoms with van der Waals surface area (Å²) >= 11 is 0. The monoisotopic (exact) mass is 406 g/mol. The molecule has 0 radical (unpaired) electrons. The second-order valence-corrected chi connectivity index (χ2v) is 7.19. The van der Waals surface area contributed by atoms with E-state index in [2.05, 4.69) is 26.3 Å². The molecule has 2 heterocycles. The van der Waals surface area contributed by atoms with Crippen molar-refractivity contribution in [3.63, 3.8) is 0 Å². The minimum Gasteiger partial charge on any atom is -0.326 e. The van der Waals surface area contributed by atoms with E-state index in [0.717, 1.165) is 31.5 Å². The van der Waals surface area contributed by atoms with Gasteiger partial charge in [-0.05, 0) is 50.6 Å². The van der Waals surface area contributed by atoms with Gasteiger partial charge >= 0.3 is 0 Å². The van der Waals surface area contributed by atoms with Crippen molar-refractivity contribution in [2.75, 3.05) is 23.7 Å². The van der Waals surface area contributed by atoms with Crippen LogP contribution in [0, 0.1) is 12.8 Å². The predicted molar refractivity (Wildman–Crippen MR) is 111 cm³/mol. The molecular weight excluding hydrogens is 380 g/mol. The van der Waals surface area contributed by atoms with E-state index < -0.39 is 0 Å². The molecule has 1 aliphatic heterocycles. The average molecular weight is 407 g/mol. The van der Waals surface area contributed by atoms with Crippen LogP contribution in [0.15, 0.2) is 24.4 Å². The third-order valence-corrected chi connectivity index (χ3v) is 4.70. The van der Waals surface area contributed by atoms with E-state index in [9.17, 15) is 9.59 Å². The van der Waals surface area contributed by atoms with Crippen molar-refractivity contribution in [2.24, 2.45) is 5.92 Å². The number of hydrogen-bond donors (Lipinski definition) is 3. The van der Waals surface area contributed by atoms with Crippen LogP contribution in [0.3, 0.4) is 0 Å². The van der Waals surface area contributed by atoms with Crippen molar-refractivity contribution in [2.45, 2.75) is 39.7 Å². The van der Waals surface area contributed by atoms with Crippen molar-refractivity contribution < 1.29 is 9.59 Å². The molecule has 8 nitrogen and oxygen atoms in total. The summed E-state index contributed by atoms with van der Waals surface area (Å²) in [5.41, 5.74) is 2.46. The first-order valence-corrected chi connectivity index (χ1v) is 9.29. The first-order chi connectivity index (χ1) is 12.9. The van der Waals surface area contributed by atoms with E-state index in [4.69, 9.17) is 0 Å². The maximum Gasteiger partial charge on any atom is 0.277 e. The third kappa shape index (κ3) is 5.30. The average Bonchev–Trinajstić information content (AvgIpc) is 3.15. The maximum absolute atomic E-state index is 12.6. The fraction of sp³-hybridized carbons (Fsp3) is 0.474. The molecule has 1 aliphatic rings. The number of carbonyl (C=O) groups excluding carboxylic acids is 2. The van der Waals surface area contributed by atoms with Crippen LogP contribution in [-0.4, -0.2) is 39.9 Å². The SMILES string of the molecule is Cc1ccc(NC(=O)C(C)C)cc1NC(=O)c1cn(C2CCNCC2)nn1.Cl. The molecule has 28 heavy (non-hydrogen) atoms. The number of anilines is 2. The highest BCUT2D eigenvalue weighted by Gasteiger charge is 2.19. The van der Waals surface area contributed by atoms with Gasteiger partial charge in [0.05, 0.1) is 12.2 Å². The predicted octanol–water partition coefficient (Wildman–Crippen LogP) is 2.78. The Hall–Kier alpha value is -2.45. The lowest BCUT2D eigenvalue weighted by atomic mass is 10.1. The first-order valence-electron chi connectivity index (χ1n) is 9.29. The Morgan fingerprint density at radius 3 is 2.61 bits per heavy atom. The van der Waals surface area contributed by atoms with E-state index in [1.807, 2.05) is 32.9 Å². The Labute approximate surface area is 170 Å². The zero-order valence-corrected chi connectivity index (χ0v) is 17.2. The number of aromatic nitrogens is 3. The van der Waals surface area contributed by atoms with E-state index in [1.165, 1.54) is 0 Å². The van der Waals surface area contributed by atoms with E-state index >= 15 is 0 Å². The third-order valence-electron chi connectivity index (χ3n) is 4.70. The van der Waals surface area contributed by atoms with Crippen molar-refractivity contribution in [1.29, 1.82) is 0 Å². The highest BCUT2D eigenvalue weighted by molar-refractivity contribution is 6.03. The van der Waals surface area contributed by atoms with Gasteiger partial charge in [0.15, 0.2) is 5.69 Å². The maximum atomic E-state index is 12.6. The molecule has 0 saturated carbocycles. The van der Waals surface area contributed by atoms with Crippen molar-refractivity contribution in [3.05, 3.63) is 35.7 Å². The molecule has 0 aliphatic carbocycles. The number of nitrogens with one attached hydrogen (secondary N) is 3. The second kappa shape index (κ2) is 9.66. The molecule has 1 aromatic heterocycles. The van der Waals surface area contributed by atoms with Crippen molar-refractivity contribution in [3.8, 4) is 0 Å². The molecule has 0 atom stereocenters. The van der Waals surface area contributed by atoms with Crippen LogP contribution in [0.5, 0.6) is 0 Å². The molecule has 0 spiro atoms. The normalized spacial score (nSPS) is 14.4. The molecule has 3 N–H and O–H groups in total. The largest absolute Gasteiger partial charge is 0.326 e. The fourth-order valence-electron chi connectivity index (χ4n) is 2.94. The quantitative estimate of drug-likeness (QED) is 0.708. The van der Waals surface area contributed by atoms with Crippen LogP contribution in [0.2, 0.25) is 0 Å². The smallest absolute Gasteiger partial charge is 0.277 e. The number of hydrogen-bond acceptors (Lipinski definition) is 5. The summed E-state index contributed by atoms with van der Waals surface area (Å²) in [6.07, 6.45) is 3.65. The summed E-state index contributed by atoms with van der Waals surface area (Å²) in [5, 5.41) is 17.2. The molecule has 1 fully saturated rings. The molecule has 1 aromatic carbocycles. The lowest BCUT2D eigenvalue weighted by molar-refractivity contribution is -0.118. The first kappa shape index (κ1) is 21.8. The van der Waals surface area contributed by atoms with Gasteiger partial charge in [0.2, 0.25) is 5.91 Å². The molecule has 9 heteroatoms. The molecule has 1 saturated heterocycles. The van der Waals surface area contributed by atoms with Crippen LogP contribution < -0.4 is 16.0 Å².